The zero-order chi connectivity index (χ0) is 13.8. The first-order valence-electron chi connectivity index (χ1n) is 5.76. The Hall–Kier alpha value is -1.85. The first-order chi connectivity index (χ1) is 9.11. The molecule has 2 aromatic rings. The van der Waals surface area contributed by atoms with Crippen molar-refractivity contribution in [3.63, 3.8) is 0 Å². The van der Waals surface area contributed by atoms with E-state index >= 15 is 0 Å². The average molecular weight is 266 g/mol. The molecule has 1 unspecified atom stereocenters. The first-order valence-corrected chi connectivity index (χ1v) is 5.76. The number of nitrogens with two attached hydrogens (primary N) is 1. The van der Waals surface area contributed by atoms with Crippen LogP contribution < -0.4 is 11.3 Å². The smallest absolute Gasteiger partial charge is 0.129 e. The molecular formula is C14H13F3N2. The van der Waals surface area contributed by atoms with Crippen molar-refractivity contribution in [3.05, 3.63) is 71.0 Å². The summed E-state index contributed by atoms with van der Waals surface area (Å²) in [6, 6.07) is 8.81. The molecule has 0 amide bonds. The van der Waals surface area contributed by atoms with E-state index in [9.17, 15) is 13.2 Å². The summed E-state index contributed by atoms with van der Waals surface area (Å²) in [5, 5.41) is 0. The lowest BCUT2D eigenvalue weighted by Crippen LogP contribution is -2.30. The minimum Gasteiger partial charge on any atom is -0.271 e. The molecule has 0 bridgehead atoms. The fourth-order valence-electron chi connectivity index (χ4n) is 1.92. The lowest BCUT2D eigenvalue weighted by molar-refractivity contribution is 0.495. The molecule has 0 spiro atoms. The number of benzene rings is 2. The number of hydrazine groups is 1. The first kappa shape index (κ1) is 13.6. The maximum Gasteiger partial charge on any atom is 0.129 e. The normalized spacial score (nSPS) is 12.4. The van der Waals surface area contributed by atoms with Crippen LogP contribution in [-0.2, 0) is 6.42 Å². The molecule has 5 heteroatoms. The molecule has 0 heterocycles. The fourth-order valence-corrected chi connectivity index (χ4v) is 1.92. The van der Waals surface area contributed by atoms with Crippen molar-refractivity contribution in [2.75, 3.05) is 0 Å². The SMILES string of the molecule is NNC(Cc1ccc(F)cc1F)c1ccccc1F. The molecule has 2 rings (SSSR count). The van der Waals surface area contributed by atoms with Gasteiger partial charge < -0.3 is 0 Å². The van der Waals surface area contributed by atoms with E-state index in [1.807, 2.05) is 0 Å². The standard InChI is InChI=1S/C14H13F3N2/c15-10-6-5-9(13(17)8-10)7-14(19-18)11-3-1-2-4-12(11)16/h1-6,8,14,19H,7,18H2. The molecular weight excluding hydrogens is 253 g/mol. The van der Waals surface area contributed by atoms with Gasteiger partial charge in [0.2, 0.25) is 0 Å². The monoisotopic (exact) mass is 266 g/mol. The van der Waals surface area contributed by atoms with Crippen LogP contribution in [0.1, 0.15) is 17.2 Å². The molecule has 0 fully saturated rings. The van der Waals surface area contributed by atoms with Crippen LogP contribution in [0.4, 0.5) is 13.2 Å². The minimum absolute atomic E-state index is 0.129. The average Bonchev–Trinajstić information content (AvgIpc) is 2.39. The molecule has 2 aromatic carbocycles. The van der Waals surface area contributed by atoms with Gasteiger partial charge in [-0.15, -0.1) is 0 Å². The van der Waals surface area contributed by atoms with Crippen molar-refractivity contribution >= 4 is 0 Å². The van der Waals surface area contributed by atoms with Gasteiger partial charge in [0.1, 0.15) is 17.5 Å². The van der Waals surface area contributed by atoms with E-state index in [1.165, 1.54) is 12.1 Å². The number of hydrogen-bond donors (Lipinski definition) is 2. The van der Waals surface area contributed by atoms with Gasteiger partial charge in [-0.25, -0.2) is 13.2 Å². The van der Waals surface area contributed by atoms with E-state index in [0.29, 0.717) is 5.56 Å². The highest BCUT2D eigenvalue weighted by Gasteiger charge is 2.16. The Labute approximate surface area is 109 Å². The Morgan fingerprint density at radius 2 is 1.74 bits per heavy atom. The predicted octanol–water partition coefficient (Wildman–Crippen LogP) is 2.85. The number of rotatable bonds is 4. The molecule has 0 radical (unpaired) electrons. The maximum absolute atomic E-state index is 13.6. The van der Waals surface area contributed by atoms with Gasteiger partial charge in [-0.05, 0) is 24.1 Å². The summed E-state index contributed by atoms with van der Waals surface area (Å²) in [6.07, 6.45) is 0.129. The largest absolute Gasteiger partial charge is 0.271 e. The maximum atomic E-state index is 13.6. The number of hydrogen-bond acceptors (Lipinski definition) is 2. The topological polar surface area (TPSA) is 38.0 Å². The lowest BCUT2D eigenvalue weighted by atomic mass is 9.98. The Morgan fingerprint density at radius 1 is 1.00 bits per heavy atom. The highest BCUT2D eigenvalue weighted by atomic mass is 19.1. The van der Waals surface area contributed by atoms with Crippen LogP contribution in [0.25, 0.3) is 0 Å². The molecule has 0 saturated heterocycles. The zero-order valence-corrected chi connectivity index (χ0v) is 10.0. The summed E-state index contributed by atoms with van der Waals surface area (Å²) >= 11 is 0. The second-order valence-corrected chi connectivity index (χ2v) is 4.18. The van der Waals surface area contributed by atoms with Crippen molar-refractivity contribution < 1.29 is 13.2 Å². The third-order valence-corrected chi connectivity index (χ3v) is 2.92. The molecule has 0 aromatic heterocycles. The summed E-state index contributed by atoms with van der Waals surface area (Å²) in [5.41, 5.74) is 3.06. The summed E-state index contributed by atoms with van der Waals surface area (Å²) < 4.78 is 40.0. The fraction of sp³-hybridized carbons (Fsp3) is 0.143. The van der Waals surface area contributed by atoms with Gasteiger partial charge in [-0.3, -0.25) is 11.3 Å². The Balaban J connectivity index is 2.27. The van der Waals surface area contributed by atoms with Crippen LogP contribution >= 0.6 is 0 Å². The highest BCUT2D eigenvalue weighted by molar-refractivity contribution is 5.26. The van der Waals surface area contributed by atoms with Crippen molar-refractivity contribution in [1.29, 1.82) is 0 Å². The van der Waals surface area contributed by atoms with Crippen molar-refractivity contribution in [1.82, 2.24) is 5.43 Å². The molecule has 1 atom stereocenters. The molecule has 19 heavy (non-hydrogen) atoms. The van der Waals surface area contributed by atoms with Crippen LogP contribution in [0.3, 0.4) is 0 Å². The second kappa shape index (κ2) is 5.86. The summed E-state index contributed by atoms with van der Waals surface area (Å²) in [5.74, 6) is 3.65. The van der Waals surface area contributed by atoms with E-state index in [4.69, 9.17) is 5.84 Å². The van der Waals surface area contributed by atoms with Gasteiger partial charge in [0.05, 0.1) is 6.04 Å². The second-order valence-electron chi connectivity index (χ2n) is 4.18. The number of nitrogens with one attached hydrogen (secondary N) is 1. The third kappa shape index (κ3) is 3.13. The lowest BCUT2D eigenvalue weighted by Gasteiger charge is -2.17. The van der Waals surface area contributed by atoms with Gasteiger partial charge in [0.25, 0.3) is 0 Å². The van der Waals surface area contributed by atoms with Gasteiger partial charge in [0, 0.05) is 11.6 Å². The van der Waals surface area contributed by atoms with Crippen molar-refractivity contribution in [3.8, 4) is 0 Å². The zero-order valence-electron chi connectivity index (χ0n) is 10.0. The van der Waals surface area contributed by atoms with Gasteiger partial charge >= 0.3 is 0 Å². The molecule has 2 nitrogen and oxygen atoms in total. The van der Waals surface area contributed by atoms with Gasteiger partial charge in [-0.1, -0.05) is 24.3 Å². The number of halogens is 3. The Bertz CT molecular complexity index is 572. The van der Waals surface area contributed by atoms with E-state index in [1.54, 1.807) is 18.2 Å². The van der Waals surface area contributed by atoms with Crippen LogP contribution in [0.15, 0.2) is 42.5 Å². The highest BCUT2D eigenvalue weighted by Crippen LogP contribution is 2.22. The Kier molecular flexibility index (Phi) is 4.19. The van der Waals surface area contributed by atoms with E-state index in [2.05, 4.69) is 5.43 Å². The van der Waals surface area contributed by atoms with E-state index in [0.717, 1.165) is 12.1 Å². The van der Waals surface area contributed by atoms with E-state index in [-0.39, 0.29) is 12.0 Å². The third-order valence-electron chi connectivity index (χ3n) is 2.92. The quantitative estimate of drug-likeness (QED) is 0.659. The van der Waals surface area contributed by atoms with Crippen LogP contribution in [-0.4, -0.2) is 0 Å². The molecule has 0 aliphatic heterocycles. The molecule has 0 aliphatic carbocycles. The molecule has 100 valence electrons. The van der Waals surface area contributed by atoms with Crippen LogP contribution in [0.2, 0.25) is 0 Å². The van der Waals surface area contributed by atoms with E-state index < -0.39 is 23.5 Å². The van der Waals surface area contributed by atoms with Crippen LogP contribution in [0.5, 0.6) is 0 Å². The molecule has 0 saturated carbocycles. The summed E-state index contributed by atoms with van der Waals surface area (Å²) in [7, 11) is 0. The predicted molar refractivity (Wildman–Crippen MR) is 66.5 cm³/mol. The molecule has 3 N–H and O–H groups in total. The summed E-state index contributed by atoms with van der Waals surface area (Å²) in [4.78, 5) is 0. The van der Waals surface area contributed by atoms with Crippen LogP contribution in [0, 0.1) is 17.5 Å². The molecule has 0 aliphatic rings. The minimum atomic E-state index is -0.670. The van der Waals surface area contributed by atoms with Crippen molar-refractivity contribution in [2.24, 2.45) is 5.84 Å². The van der Waals surface area contributed by atoms with Gasteiger partial charge in [0.15, 0.2) is 0 Å². The van der Waals surface area contributed by atoms with Crippen molar-refractivity contribution in [2.45, 2.75) is 12.5 Å². The van der Waals surface area contributed by atoms with Gasteiger partial charge in [-0.2, -0.15) is 0 Å². The summed E-state index contributed by atoms with van der Waals surface area (Å²) in [6.45, 7) is 0. The Morgan fingerprint density at radius 3 is 2.37 bits per heavy atom.